The Bertz CT molecular complexity index is 812. The first-order valence-electron chi connectivity index (χ1n) is 6.59. The van der Waals surface area contributed by atoms with E-state index in [-0.39, 0.29) is 10.9 Å². The molecule has 0 aliphatic heterocycles. The molecule has 0 unspecified atom stereocenters. The van der Waals surface area contributed by atoms with E-state index in [9.17, 15) is 8.42 Å². The maximum atomic E-state index is 10.5. The van der Waals surface area contributed by atoms with Gasteiger partial charge < -0.3 is 5.73 Å². The van der Waals surface area contributed by atoms with Crippen LogP contribution < -0.4 is 11.2 Å². The van der Waals surface area contributed by atoms with Gasteiger partial charge in [-0.25, -0.2) is 5.48 Å². The SMILES string of the molecule is Cc1ccc(S(=O)(=O)O)cc1.Cc1ccsc1C=N/N=C(\N)NO. The van der Waals surface area contributed by atoms with E-state index in [2.05, 4.69) is 10.2 Å². The number of nitrogens with one attached hydrogen (secondary N) is 1. The van der Waals surface area contributed by atoms with Gasteiger partial charge in [-0.15, -0.1) is 16.4 Å². The molecule has 0 amide bonds. The molecule has 0 saturated carbocycles. The maximum absolute atomic E-state index is 10.5. The molecule has 130 valence electrons. The van der Waals surface area contributed by atoms with Gasteiger partial charge in [0.15, 0.2) is 0 Å². The molecule has 2 rings (SSSR count). The normalized spacial score (nSPS) is 11.9. The monoisotopic (exact) mass is 370 g/mol. The second kappa shape index (κ2) is 9.13. The topological polar surface area (TPSA) is 137 Å². The Hall–Kier alpha value is -2.27. The lowest BCUT2D eigenvalue weighted by molar-refractivity contribution is 0.232. The van der Waals surface area contributed by atoms with Crippen molar-refractivity contribution in [3.63, 3.8) is 0 Å². The van der Waals surface area contributed by atoms with Gasteiger partial charge in [-0.3, -0.25) is 9.76 Å². The smallest absolute Gasteiger partial charge is 0.294 e. The van der Waals surface area contributed by atoms with Crippen LogP contribution in [0.5, 0.6) is 0 Å². The van der Waals surface area contributed by atoms with Gasteiger partial charge in [-0.05, 0) is 43.0 Å². The molecule has 1 aromatic carbocycles. The number of nitrogens with two attached hydrogens (primary N) is 1. The molecule has 2 aromatic rings. The molecule has 0 fully saturated rings. The molecule has 1 aromatic heterocycles. The van der Waals surface area contributed by atoms with E-state index in [1.807, 2.05) is 25.3 Å². The Morgan fingerprint density at radius 1 is 1.25 bits per heavy atom. The summed E-state index contributed by atoms with van der Waals surface area (Å²) in [4.78, 5) is 0.956. The minimum Gasteiger partial charge on any atom is -0.367 e. The highest BCUT2D eigenvalue weighted by molar-refractivity contribution is 7.85. The summed E-state index contributed by atoms with van der Waals surface area (Å²) in [5.74, 6) is -0.134. The second-order valence-corrected chi connectivity index (χ2v) is 6.97. The highest BCUT2D eigenvalue weighted by Crippen LogP contribution is 2.12. The molecule has 1 heterocycles. The van der Waals surface area contributed by atoms with Crippen molar-refractivity contribution in [2.45, 2.75) is 18.7 Å². The third-order valence-corrected chi connectivity index (χ3v) is 4.50. The van der Waals surface area contributed by atoms with Gasteiger partial charge in [0.2, 0.25) is 5.96 Å². The van der Waals surface area contributed by atoms with Crippen LogP contribution in [0.1, 0.15) is 16.0 Å². The Balaban J connectivity index is 0.000000243. The van der Waals surface area contributed by atoms with E-state index in [4.69, 9.17) is 15.5 Å². The molecule has 0 saturated heterocycles. The number of hydrogen-bond acceptors (Lipinski definition) is 6. The molecule has 8 nitrogen and oxygen atoms in total. The number of guanidine groups is 1. The fourth-order valence-electron chi connectivity index (χ4n) is 1.39. The van der Waals surface area contributed by atoms with Crippen LogP contribution in [0.2, 0.25) is 0 Å². The van der Waals surface area contributed by atoms with Crippen molar-refractivity contribution in [2.24, 2.45) is 15.9 Å². The van der Waals surface area contributed by atoms with E-state index < -0.39 is 10.1 Å². The lowest BCUT2D eigenvalue weighted by Crippen LogP contribution is -2.27. The predicted octanol–water partition coefficient (Wildman–Crippen LogP) is 1.93. The van der Waals surface area contributed by atoms with Crippen LogP contribution in [-0.2, 0) is 10.1 Å². The van der Waals surface area contributed by atoms with Crippen LogP contribution in [0, 0.1) is 13.8 Å². The number of aryl methyl sites for hydroxylation is 2. The molecule has 0 atom stereocenters. The van der Waals surface area contributed by atoms with Crippen molar-refractivity contribution in [1.82, 2.24) is 5.48 Å². The van der Waals surface area contributed by atoms with Crippen molar-refractivity contribution in [3.05, 3.63) is 51.7 Å². The van der Waals surface area contributed by atoms with Crippen molar-refractivity contribution in [2.75, 3.05) is 0 Å². The zero-order valence-electron chi connectivity index (χ0n) is 13.0. The summed E-state index contributed by atoms with van der Waals surface area (Å²) in [5.41, 5.74) is 8.90. The van der Waals surface area contributed by atoms with Crippen LogP contribution in [0.25, 0.3) is 0 Å². The minimum absolute atomic E-state index is 0.0666. The molecule has 0 aliphatic rings. The Labute approximate surface area is 144 Å². The van der Waals surface area contributed by atoms with Crippen LogP contribution >= 0.6 is 11.3 Å². The summed E-state index contributed by atoms with van der Waals surface area (Å²) in [6.45, 7) is 3.82. The van der Waals surface area contributed by atoms with E-state index in [1.165, 1.54) is 12.1 Å². The molecule has 0 bridgehead atoms. The molecular weight excluding hydrogens is 352 g/mol. The van der Waals surface area contributed by atoms with Gasteiger partial charge in [0.25, 0.3) is 10.1 Å². The Morgan fingerprint density at radius 2 is 1.88 bits per heavy atom. The standard InChI is InChI=1S/C7H10N4OS.C7H8O3S/c1-5-2-3-13-6(5)4-9-10-7(8)11-12;1-6-2-4-7(5-3-6)11(8,9)10/h2-4,12H,1H3,(H3,8,10,11);2-5H,1H3,(H,8,9,10). The average Bonchev–Trinajstić information content (AvgIpc) is 2.92. The highest BCUT2D eigenvalue weighted by Gasteiger charge is 2.06. The van der Waals surface area contributed by atoms with E-state index in [0.717, 1.165) is 16.0 Å². The van der Waals surface area contributed by atoms with Gasteiger partial charge in [0.1, 0.15) is 0 Å². The van der Waals surface area contributed by atoms with Crippen molar-refractivity contribution >= 4 is 33.6 Å². The van der Waals surface area contributed by atoms with Gasteiger partial charge in [-0.1, -0.05) is 17.7 Å². The van der Waals surface area contributed by atoms with Crippen molar-refractivity contribution in [3.8, 4) is 0 Å². The summed E-state index contributed by atoms with van der Waals surface area (Å²) < 4.78 is 29.6. The largest absolute Gasteiger partial charge is 0.367 e. The minimum atomic E-state index is -4.02. The van der Waals surface area contributed by atoms with Gasteiger partial charge in [-0.2, -0.15) is 13.5 Å². The molecule has 24 heavy (non-hydrogen) atoms. The molecule has 5 N–H and O–H groups in total. The number of benzene rings is 1. The number of thiophene rings is 1. The molecular formula is C14H18N4O4S2. The molecule has 0 aliphatic carbocycles. The lowest BCUT2D eigenvalue weighted by Gasteiger charge is -1.95. The van der Waals surface area contributed by atoms with Crippen molar-refractivity contribution in [1.29, 1.82) is 0 Å². The predicted molar refractivity (Wildman–Crippen MR) is 94.2 cm³/mol. The first-order chi connectivity index (χ1) is 11.2. The zero-order valence-corrected chi connectivity index (χ0v) is 14.7. The molecule has 10 heteroatoms. The van der Waals surface area contributed by atoms with Gasteiger partial charge >= 0.3 is 0 Å². The molecule has 0 spiro atoms. The quantitative estimate of drug-likeness (QED) is 0.282. The van der Waals surface area contributed by atoms with E-state index in [0.29, 0.717) is 0 Å². The summed E-state index contributed by atoms with van der Waals surface area (Å²) in [7, 11) is -4.02. The fraction of sp³-hybridized carbons (Fsp3) is 0.143. The Morgan fingerprint density at radius 3 is 2.33 bits per heavy atom. The van der Waals surface area contributed by atoms with Crippen molar-refractivity contribution < 1.29 is 18.2 Å². The van der Waals surface area contributed by atoms with Crippen LogP contribution in [-0.4, -0.2) is 30.4 Å². The fourth-order valence-corrected chi connectivity index (χ4v) is 2.65. The Kier molecular flexibility index (Phi) is 7.52. The van der Waals surface area contributed by atoms with E-state index in [1.54, 1.807) is 35.2 Å². The number of rotatable bonds is 3. The third kappa shape index (κ3) is 6.87. The number of hydrogen-bond donors (Lipinski definition) is 4. The first kappa shape index (κ1) is 19.8. The summed E-state index contributed by atoms with van der Waals surface area (Å²) in [6.07, 6.45) is 1.59. The highest BCUT2D eigenvalue weighted by atomic mass is 32.2. The van der Waals surface area contributed by atoms with Crippen LogP contribution in [0.15, 0.2) is 50.8 Å². The van der Waals surface area contributed by atoms with Gasteiger partial charge in [0.05, 0.1) is 16.0 Å². The second-order valence-electron chi connectivity index (χ2n) is 4.60. The summed E-state index contributed by atoms with van der Waals surface area (Å²) >= 11 is 1.57. The number of nitrogens with zero attached hydrogens (tertiary/aromatic N) is 2. The number of hydroxylamine groups is 1. The lowest BCUT2D eigenvalue weighted by atomic mass is 10.2. The summed E-state index contributed by atoms with van der Waals surface area (Å²) in [5, 5.41) is 17.4. The van der Waals surface area contributed by atoms with Crippen LogP contribution in [0.4, 0.5) is 0 Å². The van der Waals surface area contributed by atoms with E-state index >= 15 is 0 Å². The zero-order chi connectivity index (χ0) is 18.2. The van der Waals surface area contributed by atoms with Crippen LogP contribution in [0.3, 0.4) is 0 Å². The maximum Gasteiger partial charge on any atom is 0.294 e. The first-order valence-corrected chi connectivity index (χ1v) is 8.91. The van der Waals surface area contributed by atoms with Gasteiger partial charge in [0, 0.05) is 0 Å². The third-order valence-electron chi connectivity index (χ3n) is 2.68. The molecule has 0 radical (unpaired) electrons. The summed E-state index contributed by atoms with van der Waals surface area (Å²) in [6, 6.07) is 7.98. The average molecular weight is 370 g/mol.